The van der Waals surface area contributed by atoms with E-state index in [1.54, 1.807) is 30.5 Å². The molecule has 2 aromatic heterocycles. The molecule has 27 heavy (non-hydrogen) atoms. The van der Waals surface area contributed by atoms with E-state index >= 15 is 0 Å². The van der Waals surface area contributed by atoms with Gasteiger partial charge in [0.15, 0.2) is 0 Å². The number of hydrogen-bond acceptors (Lipinski definition) is 5. The van der Waals surface area contributed by atoms with Gasteiger partial charge in [0.25, 0.3) is 0 Å². The number of hydrogen-bond donors (Lipinski definition) is 2. The summed E-state index contributed by atoms with van der Waals surface area (Å²) in [4.78, 5) is 9.27. The highest BCUT2D eigenvalue weighted by atomic mass is 19.4. The second-order valence-electron chi connectivity index (χ2n) is 6.44. The monoisotopic (exact) mass is 375 g/mol. The van der Waals surface area contributed by atoms with Crippen LogP contribution >= 0.6 is 0 Å². The molecular weight excluding hydrogens is 359 g/mol. The van der Waals surface area contributed by atoms with Crippen molar-refractivity contribution in [3.05, 3.63) is 59.3 Å². The number of rotatable bonds is 3. The Balaban J connectivity index is 1.51. The fourth-order valence-electron chi connectivity index (χ4n) is 3.20. The maximum Gasteiger partial charge on any atom is 0.451 e. The summed E-state index contributed by atoms with van der Waals surface area (Å²) in [7, 11) is 0. The van der Waals surface area contributed by atoms with Crippen LogP contribution < -0.4 is 0 Å². The maximum atomic E-state index is 12.8. The summed E-state index contributed by atoms with van der Waals surface area (Å²) in [6, 6.07) is 6.80. The van der Waals surface area contributed by atoms with E-state index in [0.717, 1.165) is 16.8 Å². The average molecular weight is 375 g/mol. The molecule has 1 aliphatic rings. The highest BCUT2D eigenvalue weighted by molar-refractivity contribution is 5.63. The topological polar surface area (TPSA) is 77.9 Å². The van der Waals surface area contributed by atoms with Gasteiger partial charge in [-0.2, -0.15) is 18.3 Å². The van der Waals surface area contributed by atoms with Crippen LogP contribution in [0, 0.1) is 0 Å². The number of nitrogens with one attached hydrogen (secondary N) is 1. The van der Waals surface area contributed by atoms with E-state index in [4.69, 9.17) is 0 Å². The summed E-state index contributed by atoms with van der Waals surface area (Å²) in [5, 5.41) is 16.5. The molecular formula is C18H16F3N5O. The summed E-state index contributed by atoms with van der Waals surface area (Å²) < 4.78 is 38.3. The van der Waals surface area contributed by atoms with Gasteiger partial charge in [-0.25, -0.2) is 9.97 Å². The first kappa shape index (κ1) is 17.5. The second-order valence-corrected chi connectivity index (χ2v) is 6.44. The molecule has 0 saturated heterocycles. The third-order valence-electron chi connectivity index (χ3n) is 4.53. The zero-order valence-corrected chi connectivity index (χ0v) is 14.2. The molecule has 0 amide bonds. The zero-order chi connectivity index (χ0) is 19.0. The fourth-order valence-corrected chi connectivity index (χ4v) is 3.20. The molecule has 0 unspecified atom stereocenters. The minimum atomic E-state index is -4.53. The smallest absolute Gasteiger partial charge is 0.451 e. The minimum Gasteiger partial charge on any atom is -0.508 e. The Morgan fingerprint density at radius 1 is 1.15 bits per heavy atom. The molecule has 0 fully saturated rings. The van der Waals surface area contributed by atoms with Crippen molar-refractivity contribution in [2.75, 3.05) is 6.54 Å². The standard InChI is InChI=1S/C18H16F3N5O/c19-18(20,21)17-22-7-12-9-26(6-5-15(12)24-17)10-13-8-23-25-16(13)11-1-3-14(27)4-2-11/h1-4,7-8,27H,5-6,9-10H2,(H,23,25). The number of halogens is 3. The van der Waals surface area contributed by atoms with Crippen LogP contribution in [0.4, 0.5) is 13.2 Å². The molecule has 0 spiro atoms. The molecule has 0 aliphatic carbocycles. The fraction of sp³-hybridized carbons (Fsp3) is 0.278. The molecule has 9 heteroatoms. The summed E-state index contributed by atoms with van der Waals surface area (Å²) in [6.07, 6.45) is -1.08. The predicted octanol–water partition coefficient (Wildman–Crippen LogP) is 3.15. The quantitative estimate of drug-likeness (QED) is 0.735. The van der Waals surface area contributed by atoms with Crippen LogP contribution in [0.2, 0.25) is 0 Å². The van der Waals surface area contributed by atoms with Crippen molar-refractivity contribution in [1.29, 1.82) is 0 Å². The lowest BCUT2D eigenvalue weighted by Gasteiger charge is -2.28. The van der Waals surface area contributed by atoms with Gasteiger partial charge in [0.05, 0.1) is 17.6 Å². The SMILES string of the molecule is Oc1ccc(-c2[nH]ncc2CN2CCc3nc(C(F)(F)F)ncc3C2)cc1. The minimum absolute atomic E-state index is 0.186. The van der Waals surface area contributed by atoms with E-state index in [1.807, 2.05) is 0 Å². The molecule has 1 aromatic carbocycles. The number of aromatic hydroxyl groups is 1. The van der Waals surface area contributed by atoms with Gasteiger partial charge >= 0.3 is 6.18 Å². The molecule has 0 atom stereocenters. The lowest BCUT2D eigenvalue weighted by Crippen LogP contribution is -2.31. The van der Waals surface area contributed by atoms with E-state index in [1.165, 1.54) is 6.20 Å². The van der Waals surface area contributed by atoms with Gasteiger partial charge in [0.2, 0.25) is 5.82 Å². The number of phenolic OH excluding ortho intramolecular Hbond substituents is 1. The van der Waals surface area contributed by atoms with Crippen LogP contribution in [0.15, 0.2) is 36.7 Å². The Labute approximate surface area is 152 Å². The van der Waals surface area contributed by atoms with Gasteiger partial charge in [-0.1, -0.05) is 0 Å². The number of H-pyrrole nitrogens is 1. The zero-order valence-electron chi connectivity index (χ0n) is 14.2. The Hall–Kier alpha value is -2.94. The van der Waals surface area contributed by atoms with Gasteiger partial charge < -0.3 is 5.11 Å². The van der Waals surface area contributed by atoms with E-state index in [2.05, 4.69) is 25.1 Å². The van der Waals surface area contributed by atoms with Crippen LogP contribution in [-0.4, -0.2) is 36.7 Å². The van der Waals surface area contributed by atoms with E-state index < -0.39 is 12.0 Å². The molecule has 3 aromatic rings. The van der Waals surface area contributed by atoms with Crippen molar-refractivity contribution in [3.8, 4) is 17.0 Å². The number of alkyl halides is 3. The third-order valence-corrected chi connectivity index (χ3v) is 4.53. The van der Waals surface area contributed by atoms with Gasteiger partial charge in [0, 0.05) is 48.9 Å². The first-order chi connectivity index (χ1) is 12.9. The molecule has 3 heterocycles. The van der Waals surface area contributed by atoms with E-state index in [0.29, 0.717) is 37.3 Å². The molecule has 0 radical (unpaired) electrons. The third kappa shape index (κ3) is 3.63. The molecule has 0 saturated carbocycles. The lowest BCUT2D eigenvalue weighted by atomic mass is 10.0. The van der Waals surface area contributed by atoms with Crippen LogP contribution in [-0.2, 0) is 25.7 Å². The van der Waals surface area contributed by atoms with Crippen LogP contribution in [0.1, 0.15) is 22.6 Å². The number of benzene rings is 1. The maximum absolute atomic E-state index is 12.8. The van der Waals surface area contributed by atoms with Crippen molar-refractivity contribution in [2.45, 2.75) is 25.7 Å². The summed E-state index contributed by atoms with van der Waals surface area (Å²) in [6.45, 7) is 1.67. The van der Waals surface area contributed by atoms with Crippen LogP contribution in [0.3, 0.4) is 0 Å². The van der Waals surface area contributed by atoms with Crippen LogP contribution in [0.25, 0.3) is 11.3 Å². The van der Waals surface area contributed by atoms with Crippen molar-refractivity contribution < 1.29 is 18.3 Å². The Kier molecular flexibility index (Phi) is 4.31. The predicted molar refractivity (Wildman–Crippen MR) is 90.5 cm³/mol. The van der Waals surface area contributed by atoms with Crippen molar-refractivity contribution in [1.82, 2.24) is 25.1 Å². The molecule has 0 bridgehead atoms. The first-order valence-electron chi connectivity index (χ1n) is 8.36. The van der Waals surface area contributed by atoms with Crippen molar-refractivity contribution in [2.24, 2.45) is 0 Å². The van der Waals surface area contributed by atoms with Crippen molar-refractivity contribution >= 4 is 0 Å². The van der Waals surface area contributed by atoms with Gasteiger partial charge in [-0.15, -0.1) is 0 Å². The average Bonchev–Trinajstić information content (AvgIpc) is 3.09. The molecule has 1 aliphatic heterocycles. The van der Waals surface area contributed by atoms with E-state index in [-0.39, 0.29) is 5.75 Å². The number of aromatic amines is 1. The second kappa shape index (κ2) is 6.66. The number of fused-ring (bicyclic) bond motifs is 1. The normalized spacial score (nSPS) is 14.9. The lowest BCUT2D eigenvalue weighted by molar-refractivity contribution is -0.145. The van der Waals surface area contributed by atoms with Gasteiger partial charge in [-0.05, 0) is 24.3 Å². The largest absolute Gasteiger partial charge is 0.508 e. The van der Waals surface area contributed by atoms with Crippen molar-refractivity contribution in [3.63, 3.8) is 0 Å². The number of phenols is 1. The summed E-state index contributed by atoms with van der Waals surface area (Å²) in [5.74, 6) is -0.898. The number of nitrogens with zero attached hydrogens (tertiary/aromatic N) is 4. The highest BCUT2D eigenvalue weighted by Crippen LogP contribution is 2.29. The molecule has 4 rings (SSSR count). The Bertz CT molecular complexity index is 952. The van der Waals surface area contributed by atoms with E-state index in [9.17, 15) is 18.3 Å². The van der Waals surface area contributed by atoms with Gasteiger partial charge in [0.1, 0.15) is 5.75 Å². The van der Waals surface area contributed by atoms with Crippen LogP contribution in [0.5, 0.6) is 5.75 Å². The number of aromatic nitrogens is 4. The molecule has 6 nitrogen and oxygen atoms in total. The Morgan fingerprint density at radius 3 is 2.67 bits per heavy atom. The molecule has 140 valence electrons. The molecule has 2 N–H and O–H groups in total. The van der Waals surface area contributed by atoms with Gasteiger partial charge in [-0.3, -0.25) is 10.00 Å². The Morgan fingerprint density at radius 2 is 1.93 bits per heavy atom. The summed E-state index contributed by atoms with van der Waals surface area (Å²) in [5.41, 5.74) is 3.89. The first-order valence-corrected chi connectivity index (χ1v) is 8.36. The summed E-state index contributed by atoms with van der Waals surface area (Å²) >= 11 is 0. The highest BCUT2D eigenvalue weighted by Gasteiger charge is 2.35.